The summed E-state index contributed by atoms with van der Waals surface area (Å²) in [4.78, 5) is 3.77. The molecule has 118 valence electrons. The summed E-state index contributed by atoms with van der Waals surface area (Å²) in [7, 11) is -2.92. The lowest BCUT2D eigenvalue weighted by Crippen LogP contribution is -2.32. The van der Waals surface area contributed by atoms with E-state index in [2.05, 4.69) is 15.0 Å². The van der Waals surface area contributed by atoms with E-state index in [1.807, 2.05) is 0 Å². The van der Waals surface area contributed by atoms with Crippen LogP contribution in [0, 0.1) is 0 Å². The van der Waals surface area contributed by atoms with Gasteiger partial charge in [0.05, 0.1) is 23.4 Å². The number of sulfone groups is 1. The Morgan fingerprint density at radius 3 is 2.48 bits per heavy atom. The summed E-state index contributed by atoms with van der Waals surface area (Å²) < 4.78 is 63.0. The van der Waals surface area contributed by atoms with Crippen molar-refractivity contribution in [2.75, 3.05) is 23.4 Å². The van der Waals surface area contributed by atoms with Crippen LogP contribution in [0.1, 0.15) is 12.8 Å². The van der Waals surface area contributed by atoms with E-state index in [0.717, 1.165) is 0 Å². The number of aromatic nitrogens is 1. The van der Waals surface area contributed by atoms with Crippen LogP contribution in [0.5, 0.6) is 5.88 Å². The number of nitrogens with one attached hydrogen (secondary N) is 1. The minimum Gasteiger partial charge on any atom is -0.468 e. The van der Waals surface area contributed by atoms with Crippen LogP contribution < -0.4 is 10.1 Å². The fourth-order valence-corrected chi connectivity index (χ4v) is 3.47. The molecule has 0 unspecified atom stereocenters. The summed E-state index contributed by atoms with van der Waals surface area (Å²) in [6.45, 7) is -1.38. The van der Waals surface area contributed by atoms with Gasteiger partial charge in [0.1, 0.15) is 9.84 Å². The quantitative estimate of drug-likeness (QED) is 0.917. The fraction of sp³-hybridized carbons (Fsp3) is 0.583. The van der Waals surface area contributed by atoms with Crippen LogP contribution >= 0.6 is 0 Å². The molecule has 1 aromatic heterocycles. The molecular formula is C12H15F3N2O3S. The highest BCUT2D eigenvalue weighted by molar-refractivity contribution is 7.91. The van der Waals surface area contributed by atoms with Gasteiger partial charge in [0.2, 0.25) is 5.88 Å². The van der Waals surface area contributed by atoms with Crippen molar-refractivity contribution in [1.29, 1.82) is 0 Å². The molecule has 9 heteroatoms. The van der Waals surface area contributed by atoms with Gasteiger partial charge in [-0.3, -0.25) is 0 Å². The average Bonchev–Trinajstić information content (AvgIpc) is 2.40. The standard InChI is InChI=1S/C12H15F3N2O3S/c13-12(14,15)8-20-11-2-1-10(7-16-11)17-9-3-5-21(18,19)6-4-9/h1-2,7,9,17H,3-6,8H2. The highest BCUT2D eigenvalue weighted by Gasteiger charge is 2.28. The van der Waals surface area contributed by atoms with E-state index >= 15 is 0 Å². The summed E-state index contributed by atoms with van der Waals surface area (Å²) >= 11 is 0. The number of ether oxygens (including phenoxy) is 1. The van der Waals surface area contributed by atoms with Crippen molar-refractivity contribution in [3.05, 3.63) is 18.3 Å². The van der Waals surface area contributed by atoms with Gasteiger partial charge in [-0.25, -0.2) is 13.4 Å². The molecule has 1 N–H and O–H groups in total. The van der Waals surface area contributed by atoms with Crippen molar-refractivity contribution in [2.45, 2.75) is 25.1 Å². The molecule has 0 bridgehead atoms. The summed E-state index contributed by atoms with van der Waals surface area (Å²) in [6, 6.07) is 2.92. The molecule has 1 saturated heterocycles. The summed E-state index contributed by atoms with van der Waals surface area (Å²) in [6.07, 6.45) is -2.01. The van der Waals surface area contributed by atoms with Crippen molar-refractivity contribution in [3.8, 4) is 5.88 Å². The monoisotopic (exact) mass is 324 g/mol. The van der Waals surface area contributed by atoms with Crippen LogP contribution in [0.3, 0.4) is 0 Å². The van der Waals surface area contributed by atoms with Gasteiger partial charge in [-0.15, -0.1) is 0 Å². The zero-order chi connectivity index (χ0) is 15.5. The number of anilines is 1. The Labute approximate surface area is 120 Å². The van der Waals surface area contributed by atoms with E-state index in [1.165, 1.54) is 12.3 Å². The van der Waals surface area contributed by atoms with Crippen molar-refractivity contribution >= 4 is 15.5 Å². The lowest BCUT2D eigenvalue weighted by atomic mass is 10.1. The van der Waals surface area contributed by atoms with Gasteiger partial charge in [0.15, 0.2) is 6.61 Å². The maximum Gasteiger partial charge on any atom is 0.422 e. The van der Waals surface area contributed by atoms with Gasteiger partial charge in [0.25, 0.3) is 0 Å². The maximum absolute atomic E-state index is 12.0. The Morgan fingerprint density at radius 1 is 1.29 bits per heavy atom. The second-order valence-corrected chi connectivity index (χ2v) is 7.16. The predicted octanol–water partition coefficient (Wildman–Crippen LogP) is 2.01. The molecule has 0 radical (unpaired) electrons. The van der Waals surface area contributed by atoms with Gasteiger partial charge in [0, 0.05) is 12.1 Å². The van der Waals surface area contributed by atoms with E-state index in [0.29, 0.717) is 18.5 Å². The molecule has 2 rings (SSSR count). The second kappa shape index (κ2) is 6.08. The molecule has 0 amide bonds. The molecule has 0 aliphatic carbocycles. The average molecular weight is 324 g/mol. The van der Waals surface area contributed by atoms with Crippen LogP contribution in [0.15, 0.2) is 18.3 Å². The zero-order valence-corrected chi connectivity index (χ0v) is 11.9. The normalized spacial score (nSPS) is 19.2. The minimum absolute atomic E-state index is 0.0252. The maximum atomic E-state index is 12.0. The molecule has 0 aromatic carbocycles. The largest absolute Gasteiger partial charge is 0.468 e. The van der Waals surface area contributed by atoms with Crippen molar-refractivity contribution in [3.63, 3.8) is 0 Å². The lowest BCUT2D eigenvalue weighted by Gasteiger charge is -2.23. The molecule has 0 spiro atoms. The third-order valence-electron chi connectivity index (χ3n) is 3.05. The van der Waals surface area contributed by atoms with Gasteiger partial charge in [-0.1, -0.05) is 0 Å². The van der Waals surface area contributed by atoms with Crippen LogP contribution in [0.4, 0.5) is 18.9 Å². The number of pyridine rings is 1. The smallest absolute Gasteiger partial charge is 0.422 e. The first kappa shape index (κ1) is 15.9. The first-order chi connectivity index (χ1) is 9.73. The Bertz CT molecular complexity index is 558. The summed E-state index contributed by atoms with van der Waals surface area (Å²) in [5, 5.41) is 3.11. The first-order valence-corrected chi connectivity index (χ1v) is 8.18. The molecule has 0 atom stereocenters. The third kappa shape index (κ3) is 5.41. The Kier molecular flexibility index (Phi) is 4.60. The summed E-state index contributed by atoms with van der Waals surface area (Å²) in [5.74, 6) is 0.180. The molecule has 1 aromatic rings. The Morgan fingerprint density at radius 2 is 1.95 bits per heavy atom. The highest BCUT2D eigenvalue weighted by Crippen LogP contribution is 2.20. The number of rotatable bonds is 4. The van der Waals surface area contributed by atoms with E-state index < -0.39 is 22.6 Å². The molecular weight excluding hydrogens is 309 g/mol. The van der Waals surface area contributed by atoms with Crippen LogP contribution in [0.2, 0.25) is 0 Å². The molecule has 1 fully saturated rings. The third-order valence-corrected chi connectivity index (χ3v) is 4.76. The topological polar surface area (TPSA) is 68.3 Å². The van der Waals surface area contributed by atoms with E-state index in [4.69, 9.17) is 0 Å². The minimum atomic E-state index is -4.40. The van der Waals surface area contributed by atoms with Crippen LogP contribution in [0.25, 0.3) is 0 Å². The Balaban J connectivity index is 1.85. The molecule has 21 heavy (non-hydrogen) atoms. The molecule has 2 heterocycles. The van der Waals surface area contributed by atoms with Gasteiger partial charge in [-0.05, 0) is 18.9 Å². The number of hydrogen-bond donors (Lipinski definition) is 1. The molecule has 1 aliphatic heterocycles. The molecule has 1 aliphatic rings. The van der Waals surface area contributed by atoms with E-state index in [1.54, 1.807) is 6.07 Å². The van der Waals surface area contributed by atoms with Crippen LogP contribution in [-0.4, -0.2) is 43.7 Å². The number of alkyl halides is 3. The molecule has 5 nitrogen and oxygen atoms in total. The lowest BCUT2D eigenvalue weighted by molar-refractivity contribution is -0.154. The fourth-order valence-electron chi connectivity index (χ4n) is 1.98. The van der Waals surface area contributed by atoms with E-state index in [9.17, 15) is 21.6 Å². The number of halogens is 3. The van der Waals surface area contributed by atoms with Crippen LogP contribution in [-0.2, 0) is 9.84 Å². The number of hydrogen-bond acceptors (Lipinski definition) is 5. The van der Waals surface area contributed by atoms with Crippen molar-refractivity contribution in [2.24, 2.45) is 0 Å². The Hall–Kier alpha value is -1.51. The predicted molar refractivity (Wildman–Crippen MR) is 71.1 cm³/mol. The van der Waals surface area contributed by atoms with E-state index in [-0.39, 0.29) is 23.4 Å². The zero-order valence-electron chi connectivity index (χ0n) is 11.1. The van der Waals surface area contributed by atoms with Gasteiger partial charge >= 0.3 is 6.18 Å². The number of nitrogens with zero attached hydrogens (tertiary/aromatic N) is 1. The second-order valence-electron chi connectivity index (χ2n) is 4.86. The SMILES string of the molecule is O=S1(=O)CCC(Nc2ccc(OCC(F)(F)F)nc2)CC1. The van der Waals surface area contributed by atoms with Gasteiger partial charge in [-0.2, -0.15) is 13.2 Å². The first-order valence-electron chi connectivity index (χ1n) is 6.36. The molecule has 0 saturated carbocycles. The summed E-state index contributed by atoms with van der Waals surface area (Å²) in [5.41, 5.74) is 0.624. The van der Waals surface area contributed by atoms with Crippen molar-refractivity contribution in [1.82, 2.24) is 4.98 Å². The highest BCUT2D eigenvalue weighted by atomic mass is 32.2. The van der Waals surface area contributed by atoms with Crippen molar-refractivity contribution < 1.29 is 26.3 Å². The van der Waals surface area contributed by atoms with Gasteiger partial charge < -0.3 is 10.1 Å².